The van der Waals surface area contributed by atoms with E-state index in [4.69, 9.17) is 0 Å². The van der Waals surface area contributed by atoms with Crippen LogP contribution in [0.1, 0.15) is 33.1 Å². The van der Waals surface area contributed by atoms with Gasteiger partial charge in [0, 0.05) is 19.5 Å². The summed E-state index contributed by atoms with van der Waals surface area (Å²) in [6, 6.07) is -0.540. The molecule has 102 valence electrons. The van der Waals surface area contributed by atoms with E-state index in [1.807, 2.05) is 6.92 Å². The quantitative estimate of drug-likeness (QED) is 0.621. The Morgan fingerprint density at radius 1 is 1.50 bits per heavy atom. The molecule has 0 aromatic rings. The van der Waals surface area contributed by atoms with Crippen LogP contribution in [0.15, 0.2) is 0 Å². The highest BCUT2D eigenvalue weighted by Crippen LogP contribution is 2.10. The molecule has 3 amide bonds. The van der Waals surface area contributed by atoms with Crippen molar-refractivity contribution in [2.24, 2.45) is 5.92 Å². The first-order chi connectivity index (χ1) is 8.54. The van der Waals surface area contributed by atoms with Gasteiger partial charge in [-0.15, -0.1) is 0 Å². The second kappa shape index (κ2) is 6.98. The minimum absolute atomic E-state index is 0.0206. The fourth-order valence-electron chi connectivity index (χ4n) is 1.75. The summed E-state index contributed by atoms with van der Waals surface area (Å²) in [5.74, 6) is -0.601. The maximum absolute atomic E-state index is 11.9. The predicted molar refractivity (Wildman–Crippen MR) is 66.6 cm³/mol. The normalized spacial score (nSPS) is 20.8. The molecule has 1 saturated heterocycles. The molecule has 6 nitrogen and oxygen atoms in total. The van der Waals surface area contributed by atoms with Crippen LogP contribution in [-0.2, 0) is 14.4 Å². The third-order valence-corrected chi connectivity index (χ3v) is 2.94. The maximum atomic E-state index is 11.9. The van der Waals surface area contributed by atoms with Crippen molar-refractivity contribution in [1.29, 1.82) is 0 Å². The average molecular weight is 255 g/mol. The zero-order valence-electron chi connectivity index (χ0n) is 10.9. The lowest BCUT2D eigenvalue weighted by Crippen LogP contribution is -2.50. The first-order valence-corrected chi connectivity index (χ1v) is 6.39. The molecule has 6 heteroatoms. The van der Waals surface area contributed by atoms with Crippen molar-refractivity contribution >= 4 is 17.7 Å². The molecule has 3 N–H and O–H groups in total. The lowest BCUT2D eigenvalue weighted by molar-refractivity contribution is -0.132. The van der Waals surface area contributed by atoms with E-state index >= 15 is 0 Å². The van der Waals surface area contributed by atoms with Gasteiger partial charge in [0.2, 0.25) is 17.7 Å². The number of hydrogen-bond acceptors (Lipinski definition) is 3. The van der Waals surface area contributed by atoms with Crippen molar-refractivity contribution in [3.05, 3.63) is 0 Å². The van der Waals surface area contributed by atoms with Gasteiger partial charge in [0.15, 0.2) is 0 Å². The third-order valence-electron chi connectivity index (χ3n) is 2.94. The van der Waals surface area contributed by atoms with Gasteiger partial charge in [0.05, 0.1) is 5.92 Å². The number of amides is 3. The van der Waals surface area contributed by atoms with E-state index in [1.54, 1.807) is 6.92 Å². The van der Waals surface area contributed by atoms with Crippen LogP contribution < -0.4 is 16.0 Å². The zero-order valence-corrected chi connectivity index (χ0v) is 10.9. The topological polar surface area (TPSA) is 87.3 Å². The van der Waals surface area contributed by atoms with Gasteiger partial charge in [-0.1, -0.05) is 6.92 Å². The van der Waals surface area contributed by atoms with E-state index < -0.39 is 6.04 Å². The minimum Gasteiger partial charge on any atom is -0.355 e. The van der Waals surface area contributed by atoms with Crippen LogP contribution in [0, 0.1) is 5.92 Å². The molecule has 0 bridgehead atoms. The Labute approximate surface area is 107 Å². The van der Waals surface area contributed by atoms with Crippen molar-refractivity contribution in [2.45, 2.75) is 39.2 Å². The molecule has 1 fully saturated rings. The van der Waals surface area contributed by atoms with Gasteiger partial charge >= 0.3 is 0 Å². The molecular formula is C12H21N3O3. The summed E-state index contributed by atoms with van der Waals surface area (Å²) in [6.07, 6.45) is 1.77. The average Bonchev–Trinajstić information content (AvgIpc) is 2.36. The van der Waals surface area contributed by atoms with Gasteiger partial charge in [-0.05, 0) is 19.8 Å². The number of carbonyl (C=O) groups is 3. The summed E-state index contributed by atoms with van der Waals surface area (Å²) in [5, 5.41) is 8.04. The molecule has 1 heterocycles. The molecule has 0 aromatic heterocycles. The van der Waals surface area contributed by atoms with Gasteiger partial charge in [0.1, 0.15) is 6.04 Å². The van der Waals surface area contributed by atoms with Crippen LogP contribution in [0.3, 0.4) is 0 Å². The predicted octanol–water partition coefficient (Wildman–Crippen LogP) is -0.456. The van der Waals surface area contributed by atoms with E-state index in [0.29, 0.717) is 25.9 Å². The van der Waals surface area contributed by atoms with Gasteiger partial charge in [-0.2, -0.15) is 0 Å². The highest BCUT2D eigenvalue weighted by Gasteiger charge is 2.26. The monoisotopic (exact) mass is 255 g/mol. The van der Waals surface area contributed by atoms with E-state index in [9.17, 15) is 14.4 Å². The van der Waals surface area contributed by atoms with Gasteiger partial charge in [-0.25, -0.2) is 0 Å². The first-order valence-electron chi connectivity index (χ1n) is 6.39. The Morgan fingerprint density at radius 3 is 2.78 bits per heavy atom. The minimum atomic E-state index is -0.540. The fourth-order valence-corrected chi connectivity index (χ4v) is 1.75. The van der Waals surface area contributed by atoms with Crippen molar-refractivity contribution in [3.8, 4) is 0 Å². The number of piperidine rings is 1. The lowest BCUT2D eigenvalue weighted by Gasteiger charge is -2.23. The van der Waals surface area contributed by atoms with E-state index in [-0.39, 0.29) is 23.6 Å². The lowest BCUT2D eigenvalue weighted by atomic mass is 9.98. The molecule has 2 unspecified atom stereocenters. The molecule has 1 aliphatic rings. The van der Waals surface area contributed by atoms with Gasteiger partial charge in [-0.3, -0.25) is 14.4 Å². The third kappa shape index (κ3) is 4.35. The molecule has 0 spiro atoms. The van der Waals surface area contributed by atoms with Crippen LogP contribution in [0.5, 0.6) is 0 Å². The maximum Gasteiger partial charge on any atom is 0.242 e. The summed E-state index contributed by atoms with van der Waals surface area (Å²) in [4.78, 5) is 34.4. The Morgan fingerprint density at radius 2 is 2.22 bits per heavy atom. The van der Waals surface area contributed by atoms with Crippen molar-refractivity contribution in [1.82, 2.24) is 16.0 Å². The molecule has 1 rings (SSSR count). The smallest absolute Gasteiger partial charge is 0.242 e. The summed E-state index contributed by atoms with van der Waals surface area (Å²) in [5.41, 5.74) is 0. The largest absolute Gasteiger partial charge is 0.355 e. The fraction of sp³-hybridized carbons (Fsp3) is 0.750. The van der Waals surface area contributed by atoms with Gasteiger partial charge < -0.3 is 16.0 Å². The summed E-state index contributed by atoms with van der Waals surface area (Å²) >= 11 is 0. The highest BCUT2D eigenvalue weighted by molar-refractivity contribution is 5.89. The Balaban J connectivity index is 2.34. The summed E-state index contributed by atoms with van der Waals surface area (Å²) < 4.78 is 0. The second-order valence-corrected chi connectivity index (χ2v) is 4.56. The molecule has 0 radical (unpaired) electrons. The standard InChI is InChI=1S/C12H21N3O3/c1-3-6-13-11(17)8(2)15-12(18)9-4-5-10(16)14-7-9/h8-9H,3-7H2,1-2H3,(H,13,17)(H,14,16)(H,15,18). The van der Waals surface area contributed by atoms with Crippen LogP contribution >= 0.6 is 0 Å². The number of nitrogens with one attached hydrogen (secondary N) is 3. The SMILES string of the molecule is CCCNC(=O)C(C)NC(=O)C1CCC(=O)NC1. The van der Waals surface area contributed by atoms with Crippen LogP contribution in [0.2, 0.25) is 0 Å². The molecule has 2 atom stereocenters. The number of hydrogen-bond donors (Lipinski definition) is 3. The van der Waals surface area contributed by atoms with Crippen LogP contribution in [-0.4, -0.2) is 36.9 Å². The van der Waals surface area contributed by atoms with Crippen molar-refractivity contribution < 1.29 is 14.4 Å². The molecule has 1 aliphatic heterocycles. The number of carbonyl (C=O) groups excluding carboxylic acids is 3. The van der Waals surface area contributed by atoms with Crippen LogP contribution in [0.25, 0.3) is 0 Å². The Hall–Kier alpha value is -1.59. The molecule has 0 saturated carbocycles. The van der Waals surface area contributed by atoms with Crippen molar-refractivity contribution in [3.63, 3.8) is 0 Å². The van der Waals surface area contributed by atoms with Crippen LogP contribution in [0.4, 0.5) is 0 Å². The first kappa shape index (κ1) is 14.5. The second-order valence-electron chi connectivity index (χ2n) is 4.56. The summed E-state index contributed by atoms with van der Waals surface area (Å²) in [7, 11) is 0. The Bertz CT molecular complexity index is 321. The molecule has 0 aromatic carbocycles. The molecule has 0 aliphatic carbocycles. The number of rotatable bonds is 5. The highest BCUT2D eigenvalue weighted by atomic mass is 16.2. The molecule has 18 heavy (non-hydrogen) atoms. The van der Waals surface area contributed by atoms with E-state index in [1.165, 1.54) is 0 Å². The Kier molecular flexibility index (Phi) is 5.61. The molecular weight excluding hydrogens is 234 g/mol. The van der Waals surface area contributed by atoms with E-state index in [2.05, 4.69) is 16.0 Å². The van der Waals surface area contributed by atoms with Gasteiger partial charge in [0.25, 0.3) is 0 Å². The zero-order chi connectivity index (χ0) is 13.5. The van der Waals surface area contributed by atoms with E-state index in [0.717, 1.165) is 6.42 Å². The van der Waals surface area contributed by atoms with Crippen molar-refractivity contribution in [2.75, 3.05) is 13.1 Å². The summed E-state index contributed by atoms with van der Waals surface area (Å²) in [6.45, 7) is 4.59.